The second-order valence-electron chi connectivity index (χ2n) is 3.09. The highest BCUT2D eigenvalue weighted by Gasteiger charge is 2.14. The van der Waals surface area contributed by atoms with Gasteiger partial charge in [0.2, 0.25) is 0 Å². The Morgan fingerprint density at radius 3 is 2.42 bits per heavy atom. The number of halogens is 1. The lowest BCUT2D eigenvalue weighted by Gasteiger charge is -2.27. The smallest absolute Gasteiger partial charge is 0.288 e. The first-order chi connectivity index (χ1) is 5.02. The van der Waals surface area contributed by atoms with E-state index in [4.69, 9.17) is 0 Å². The minimum absolute atomic E-state index is 0. The molecule has 4 heteroatoms. The molecular weight excluding hydrogens is 176 g/mol. The largest absolute Gasteiger partial charge is 1.00 e. The predicted octanol–water partition coefficient (Wildman–Crippen LogP) is -2.31. The summed E-state index contributed by atoms with van der Waals surface area (Å²) in [5.74, 6) is -0.122. The van der Waals surface area contributed by atoms with E-state index in [2.05, 4.69) is 18.9 Å². The third-order valence-corrected chi connectivity index (χ3v) is 1.38. The third kappa shape index (κ3) is 6.19. The van der Waals surface area contributed by atoms with Crippen molar-refractivity contribution in [1.29, 1.82) is 0 Å². The van der Waals surface area contributed by atoms with Gasteiger partial charge in [-0.1, -0.05) is 13.5 Å². The molecule has 0 aliphatic rings. The standard InChI is InChI=1S/C8H16N2O.ClH/c1-5-7-10(3,4)9-8(11)6-2;/h6H,2,5,7H2,1,3-4H3;1H. The molecule has 0 aromatic rings. The number of hydrogen-bond donors (Lipinski definition) is 1. The van der Waals surface area contributed by atoms with Crippen LogP contribution in [-0.4, -0.2) is 31.1 Å². The van der Waals surface area contributed by atoms with Gasteiger partial charge in [0.05, 0.1) is 14.1 Å². The van der Waals surface area contributed by atoms with Gasteiger partial charge in [-0.3, -0.25) is 4.79 Å². The van der Waals surface area contributed by atoms with Gasteiger partial charge < -0.3 is 12.4 Å². The maximum absolute atomic E-state index is 10.9. The third-order valence-electron chi connectivity index (χ3n) is 1.38. The molecule has 12 heavy (non-hydrogen) atoms. The van der Waals surface area contributed by atoms with E-state index in [1.807, 2.05) is 14.1 Å². The number of carbonyl (C=O) groups is 1. The van der Waals surface area contributed by atoms with Crippen LogP contribution in [0.15, 0.2) is 12.7 Å². The van der Waals surface area contributed by atoms with Crippen molar-refractivity contribution in [1.82, 2.24) is 5.43 Å². The van der Waals surface area contributed by atoms with Gasteiger partial charge in [-0.15, -0.1) is 0 Å². The van der Waals surface area contributed by atoms with E-state index in [1.165, 1.54) is 6.08 Å². The molecule has 0 atom stereocenters. The fourth-order valence-corrected chi connectivity index (χ4v) is 0.959. The van der Waals surface area contributed by atoms with Crippen LogP contribution in [0.5, 0.6) is 0 Å². The van der Waals surface area contributed by atoms with Crippen LogP contribution in [0.2, 0.25) is 0 Å². The summed E-state index contributed by atoms with van der Waals surface area (Å²) in [6, 6.07) is 0. The molecule has 3 nitrogen and oxygen atoms in total. The summed E-state index contributed by atoms with van der Waals surface area (Å²) in [6.45, 7) is 6.40. The Labute approximate surface area is 80.4 Å². The van der Waals surface area contributed by atoms with E-state index >= 15 is 0 Å². The van der Waals surface area contributed by atoms with Crippen molar-refractivity contribution in [2.24, 2.45) is 0 Å². The predicted molar refractivity (Wildman–Crippen MR) is 45.6 cm³/mol. The molecule has 0 saturated heterocycles. The van der Waals surface area contributed by atoms with Crippen LogP contribution in [0.3, 0.4) is 0 Å². The lowest BCUT2D eigenvalue weighted by Crippen LogP contribution is -3.00. The van der Waals surface area contributed by atoms with Crippen molar-refractivity contribution in [2.45, 2.75) is 13.3 Å². The van der Waals surface area contributed by atoms with Crippen molar-refractivity contribution < 1.29 is 21.8 Å². The molecule has 0 radical (unpaired) electrons. The van der Waals surface area contributed by atoms with Gasteiger partial charge in [-0.2, -0.15) is 5.43 Å². The zero-order chi connectivity index (χ0) is 8.91. The second-order valence-corrected chi connectivity index (χ2v) is 3.09. The number of rotatable bonds is 4. The normalized spacial score (nSPS) is 9.92. The lowest BCUT2D eigenvalue weighted by molar-refractivity contribution is -0.924. The van der Waals surface area contributed by atoms with Crippen molar-refractivity contribution in [3.8, 4) is 0 Å². The first-order valence-corrected chi connectivity index (χ1v) is 3.79. The van der Waals surface area contributed by atoms with Crippen LogP contribution in [0.4, 0.5) is 0 Å². The molecule has 0 saturated carbocycles. The Morgan fingerprint density at radius 2 is 2.08 bits per heavy atom. The molecule has 0 aromatic carbocycles. The Kier molecular flexibility index (Phi) is 7.04. The van der Waals surface area contributed by atoms with E-state index in [9.17, 15) is 4.79 Å². The van der Waals surface area contributed by atoms with Crippen LogP contribution < -0.4 is 17.8 Å². The molecule has 72 valence electrons. The molecule has 0 unspecified atom stereocenters. The minimum Gasteiger partial charge on any atom is -1.00 e. The molecule has 0 rings (SSSR count). The van der Waals surface area contributed by atoms with Crippen molar-refractivity contribution >= 4 is 5.91 Å². The molecule has 1 amide bonds. The molecule has 0 bridgehead atoms. The van der Waals surface area contributed by atoms with Crippen LogP contribution in [-0.2, 0) is 4.79 Å². The van der Waals surface area contributed by atoms with Crippen LogP contribution in [0.25, 0.3) is 0 Å². The molecule has 0 aliphatic heterocycles. The number of hydrogen-bond acceptors (Lipinski definition) is 1. The van der Waals surface area contributed by atoms with Crippen molar-refractivity contribution in [3.63, 3.8) is 0 Å². The number of carbonyl (C=O) groups excluding carboxylic acids is 1. The summed E-state index contributed by atoms with van der Waals surface area (Å²) in [5.41, 5.74) is 2.79. The molecule has 0 aliphatic carbocycles. The topological polar surface area (TPSA) is 29.1 Å². The van der Waals surface area contributed by atoms with E-state index in [0.29, 0.717) is 4.59 Å². The average Bonchev–Trinajstić information content (AvgIpc) is 1.86. The van der Waals surface area contributed by atoms with Gasteiger partial charge in [-0.25, -0.2) is 4.59 Å². The lowest BCUT2D eigenvalue weighted by atomic mass is 10.4. The highest BCUT2D eigenvalue weighted by molar-refractivity contribution is 5.85. The van der Waals surface area contributed by atoms with Crippen LogP contribution >= 0.6 is 0 Å². The van der Waals surface area contributed by atoms with Gasteiger partial charge in [-0.05, 0) is 6.42 Å². The molecule has 0 heterocycles. The molecule has 0 aromatic heterocycles. The first-order valence-electron chi connectivity index (χ1n) is 3.79. The summed E-state index contributed by atoms with van der Waals surface area (Å²) in [4.78, 5) is 10.9. The Morgan fingerprint density at radius 1 is 1.58 bits per heavy atom. The molecule has 0 fully saturated rings. The fourth-order valence-electron chi connectivity index (χ4n) is 0.959. The highest BCUT2D eigenvalue weighted by atomic mass is 35.5. The van der Waals surface area contributed by atoms with Crippen LogP contribution in [0, 0.1) is 0 Å². The Hall–Kier alpha value is -0.540. The summed E-state index contributed by atoms with van der Waals surface area (Å²) in [6.07, 6.45) is 2.33. The highest BCUT2D eigenvalue weighted by Crippen LogP contribution is 1.92. The maximum atomic E-state index is 10.9. The number of nitrogens with one attached hydrogen (secondary N) is 1. The van der Waals surface area contributed by atoms with Gasteiger partial charge in [0.15, 0.2) is 0 Å². The molecule has 1 N–H and O–H groups in total. The minimum atomic E-state index is -0.122. The van der Waals surface area contributed by atoms with E-state index in [-0.39, 0.29) is 18.3 Å². The SMILES string of the molecule is C=CC(=O)N[N+](C)(C)CCC.[Cl-]. The summed E-state index contributed by atoms with van der Waals surface area (Å²) in [7, 11) is 3.90. The van der Waals surface area contributed by atoms with Gasteiger partial charge in [0.1, 0.15) is 6.54 Å². The van der Waals surface area contributed by atoms with Gasteiger partial charge in [0, 0.05) is 6.08 Å². The van der Waals surface area contributed by atoms with Crippen LogP contribution in [0.1, 0.15) is 13.3 Å². The molecule has 0 spiro atoms. The quantitative estimate of drug-likeness (QED) is 0.303. The Bertz CT molecular complexity index is 157. The van der Waals surface area contributed by atoms with E-state index < -0.39 is 0 Å². The Balaban J connectivity index is 0. The van der Waals surface area contributed by atoms with E-state index in [1.54, 1.807) is 0 Å². The summed E-state index contributed by atoms with van der Waals surface area (Å²) >= 11 is 0. The van der Waals surface area contributed by atoms with E-state index in [0.717, 1.165) is 13.0 Å². The van der Waals surface area contributed by atoms with Gasteiger partial charge >= 0.3 is 0 Å². The summed E-state index contributed by atoms with van der Waals surface area (Å²) < 4.78 is 0.515. The summed E-state index contributed by atoms with van der Waals surface area (Å²) in [5, 5.41) is 0. The van der Waals surface area contributed by atoms with Crippen molar-refractivity contribution in [2.75, 3.05) is 20.6 Å². The zero-order valence-corrected chi connectivity index (χ0v) is 8.69. The van der Waals surface area contributed by atoms with Crippen molar-refractivity contribution in [3.05, 3.63) is 12.7 Å². The average molecular weight is 193 g/mol. The molecular formula is C8H17ClN2O. The number of amides is 1. The fraction of sp³-hybridized carbons (Fsp3) is 0.625. The zero-order valence-electron chi connectivity index (χ0n) is 7.93. The monoisotopic (exact) mass is 192 g/mol. The first kappa shape index (κ1) is 14.0. The number of quaternary nitrogens is 1. The van der Waals surface area contributed by atoms with Gasteiger partial charge in [0.25, 0.3) is 5.91 Å². The number of nitrogens with zero attached hydrogens (tertiary/aromatic N) is 1. The maximum Gasteiger partial charge on any atom is 0.288 e. The second kappa shape index (κ2) is 6.03.